The Bertz CT molecular complexity index is 1640. The maximum absolute atomic E-state index is 13.5. The molecule has 0 amide bonds. The number of pyridine rings is 2. The van der Waals surface area contributed by atoms with Crippen molar-refractivity contribution in [2.24, 2.45) is 7.05 Å². The van der Waals surface area contributed by atoms with E-state index in [1.807, 2.05) is 70.9 Å². The van der Waals surface area contributed by atoms with Gasteiger partial charge in [0.1, 0.15) is 17.2 Å². The molecule has 39 heavy (non-hydrogen) atoms. The van der Waals surface area contributed by atoms with Gasteiger partial charge in [0.2, 0.25) is 0 Å². The summed E-state index contributed by atoms with van der Waals surface area (Å²) in [7, 11) is 1.82. The van der Waals surface area contributed by atoms with E-state index in [1.165, 1.54) is 0 Å². The van der Waals surface area contributed by atoms with E-state index in [-0.39, 0.29) is 23.2 Å². The molecule has 0 atom stereocenters. The maximum atomic E-state index is 13.5. The second kappa shape index (κ2) is 10.4. The van der Waals surface area contributed by atoms with E-state index in [2.05, 4.69) is 15.7 Å². The predicted octanol–water partition coefficient (Wildman–Crippen LogP) is 4.45. The van der Waals surface area contributed by atoms with Crippen LogP contribution in [0.3, 0.4) is 0 Å². The van der Waals surface area contributed by atoms with Crippen molar-refractivity contribution in [3.8, 4) is 11.5 Å². The molecule has 11 heteroatoms. The van der Waals surface area contributed by atoms with E-state index >= 15 is 0 Å². The standard InChI is InChI=1S/C28H35ClN8O2/c1-16(2)30-23-11-19(13-36(28(23)39)26-9-18(5)32-34(26)6)10-22-25(15-37(33-22)21-7-8-21)35-14-20(29)12-24(27(35)38)31-17(3)4/h9,11-17,21,30-31H,7-8,10H2,1-6H3. The molecule has 4 aromatic rings. The van der Waals surface area contributed by atoms with Crippen molar-refractivity contribution in [1.29, 1.82) is 0 Å². The molecular formula is C28H35ClN8O2. The van der Waals surface area contributed by atoms with Gasteiger partial charge in [-0.3, -0.25) is 28.1 Å². The van der Waals surface area contributed by atoms with Crippen molar-refractivity contribution in [2.45, 2.75) is 72.0 Å². The van der Waals surface area contributed by atoms with E-state index in [0.717, 1.165) is 29.8 Å². The Labute approximate surface area is 232 Å². The molecule has 0 radical (unpaired) electrons. The number of hydrogen-bond acceptors (Lipinski definition) is 6. The van der Waals surface area contributed by atoms with Crippen molar-refractivity contribution < 1.29 is 0 Å². The summed E-state index contributed by atoms with van der Waals surface area (Å²) < 4.78 is 6.83. The zero-order valence-corrected chi connectivity index (χ0v) is 24.0. The Morgan fingerprint density at radius 2 is 1.56 bits per heavy atom. The molecule has 1 saturated carbocycles. The van der Waals surface area contributed by atoms with Gasteiger partial charge in [-0.15, -0.1) is 0 Å². The SMILES string of the molecule is Cc1cc(-n2cc(Cc3nn(C4CC4)cc3-n3cc(Cl)cc(NC(C)C)c3=O)cc(NC(C)C)c2=O)n(C)n1. The van der Waals surface area contributed by atoms with E-state index in [1.54, 1.807) is 26.1 Å². The summed E-state index contributed by atoms with van der Waals surface area (Å²) in [5.74, 6) is 0.672. The number of hydrogen-bond donors (Lipinski definition) is 2. The highest BCUT2D eigenvalue weighted by atomic mass is 35.5. The van der Waals surface area contributed by atoms with Gasteiger partial charge in [0.15, 0.2) is 0 Å². The summed E-state index contributed by atoms with van der Waals surface area (Å²) >= 11 is 6.46. The van der Waals surface area contributed by atoms with Crippen LogP contribution in [-0.4, -0.2) is 40.8 Å². The number of aryl methyl sites for hydroxylation is 2. The van der Waals surface area contributed by atoms with Crippen LogP contribution in [0.1, 0.15) is 63.5 Å². The van der Waals surface area contributed by atoms with Crippen LogP contribution in [0, 0.1) is 6.92 Å². The molecule has 5 rings (SSSR count). The van der Waals surface area contributed by atoms with Crippen molar-refractivity contribution >= 4 is 23.0 Å². The average Bonchev–Trinajstić information content (AvgIpc) is 3.53. The Hall–Kier alpha value is -3.79. The van der Waals surface area contributed by atoms with E-state index in [0.29, 0.717) is 40.4 Å². The summed E-state index contributed by atoms with van der Waals surface area (Å²) in [6, 6.07) is 5.87. The number of nitrogens with one attached hydrogen (secondary N) is 2. The van der Waals surface area contributed by atoms with Crippen molar-refractivity contribution in [3.05, 3.63) is 79.5 Å². The molecular weight excluding hydrogens is 516 g/mol. The van der Waals surface area contributed by atoms with Gasteiger partial charge in [0, 0.05) is 50.2 Å². The van der Waals surface area contributed by atoms with Gasteiger partial charge in [-0.25, -0.2) is 0 Å². The molecule has 10 nitrogen and oxygen atoms in total. The molecule has 0 spiro atoms. The average molecular weight is 551 g/mol. The van der Waals surface area contributed by atoms with Crippen LogP contribution < -0.4 is 21.8 Å². The first-order valence-corrected chi connectivity index (χ1v) is 13.7. The summed E-state index contributed by atoms with van der Waals surface area (Å²) in [5.41, 5.74) is 3.67. The monoisotopic (exact) mass is 550 g/mol. The molecule has 0 bridgehead atoms. The number of nitrogens with zero attached hydrogens (tertiary/aromatic N) is 6. The molecule has 206 valence electrons. The fraction of sp³-hybridized carbons (Fsp3) is 0.429. The van der Waals surface area contributed by atoms with Crippen LogP contribution >= 0.6 is 11.6 Å². The third-order valence-electron chi connectivity index (χ3n) is 6.51. The summed E-state index contributed by atoms with van der Waals surface area (Å²) in [5, 5.41) is 16.3. The molecule has 2 N–H and O–H groups in total. The van der Waals surface area contributed by atoms with Gasteiger partial charge in [-0.05, 0) is 65.2 Å². The van der Waals surface area contributed by atoms with Gasteiger partial charge in [-0.2, -0.15) is 10.2 Å². The smallest absolute Gasteiger partial charge is 0.279 e. The normalized spacial score (nSPS) is 13.5. The first-order chi connectivity index (χ1) is 18.5. The molecule has 0 aromatic carbocycles. The van der Waals surface area contributed by atoms with Crippen LogP contribution in [0.2, 0.25) is 5.02 Å². The van der Waals surface area contributed by atoms with E-state index in [4.69, 9.17) is 16.7 Å². The molecule has 4 heterocycles. The lowest BCUT2D eigenvalue weighted by Gasteiger charge is -2.15. The Morgan fingerprint density at radius 1 is 0.923 bits per heavy atom. The summed E-state index contributed by atoms with van der Waals surface area (Å²) in [4.78, 5) is 26.9. The van der Waals surface area contributed by atoms with Crippen LogP contribution in [0.5, 0.6) is 0 Å². The topological polar surface area (TPSA) is 104 Å². The molecule has 0 saturated heterocycles. The minimum atomic E-state index is -0.192. The third-order valence-corrected chi connectivity index (χ3v) is 6.72. The zero-order chi connectivity index (χ0) is 28.0. The lowest BCUT2D eigenvalue weighted by atomic mass is 10.1. The molecule has 4 aromatic heterocycles. The largest absolute Gasteiger partial charge is 0.378 e. The third kappa shape index (κ3) is 5.66. The second-order valence-electron chi connectivity index (χ2n) is 10.9. The lowest BCUT2D eigenvalue weighted by molar-refractivity contribution is 0.632. The molecule has 1 fully saturated rings. The number of anilines is 2. The van der Waals surface area contributed by atoms with E-state index in [9.17, 15) is 9.59 Å². The highest BCUT2D eigenvalue weighted by Gasteiger charge is 2.27. The quantitative estimate of drug-likeness (QED) is 0.319. The van der Waals surface area contributed by atoms with Crippen LogP contribution in [-0.2, 0) is 13.5 Å². The Morgan fingerprint density at radius 3 is 2.15 bits per heavy atom. The first-order valence-electron chi connectivity index (χ1n) is 13.3. The number of aromatic nitrogens is 6. The Balaban J connectivity index is 1.64. The highest BCUT2D eigenvalue weighted by molar-refractivity contribution is 6.30. The van der Waals surface area contributed by atoms with Crippen molar-refractivity contribution in [3.63, 3.8) is 0 Å². The highest BCUT2D eigenvalue weighted by Crippen LogP contribution is 2.35. The van der Waals surface area contributed by atoms with E-state index < -0.39 is 0 Å². The van der Waals surface area contributed by atoms with Gasteiger partial charge in [0.05, 0.1) is 28.1 Å². The minimum Gasteiger partial charge on any atom is -0.378 e. The summed E-state index contributed by atoms with van der Waals surface area (Å²) in [6.07, 6.45) is 7.91. The van der Waals surface area contributed by atoms with Crippen LogP contribution in [0.25, 0.3) is 11.5 Å². The fourth-order valence-electron chi connectivity index (χ4n) is 4.75. The van der Waals surface area contributed by atoms with Gasteiger partial charge >= 0.3 is 0 Å². The zero-order valence-electron chi connectivity index (χ0n) is 23.2. The van der Waals surface area contributed by atoms with Gasteiger partial charge < -0.3 is 10.6 Å². The fourth-order valence-corrected chi connectivity index (χ4v) is 4.96. The number of rotatable bonds is 9. The minimum absolute atomic E-state index is 0.0659. The molecule has 1 aliphatic rings. The summed E-state index contributed by atoms with van der Waals surface area (Å²) in [6.45, 7) is 9.84. The van der Waals surface area contributed by atoms with Gasteiger partial charge in [0.25, 0.3) is 11.1 Å². The van der Waals surface area contributed by atoms with Gasteiger partial charge in [-0.1, -0.05) is 11.6 Å². The predicted molar refractivity (Wildman–Crippen MR) is 155 cm³/mol. The Kier molecular flexibility index (Phi) is 7.15. The molecule has 0 unspecified atom stereocenters. The van der Waals surface area contributed by atoms with Crippen molar-refractivity contribution in [2.75, 3.05) is 10.6 Å². The molecule has 1 aliphatic carbocycles. The first kappa shape index (κ1) is 26.8. The maximum Gasteiger partial charge on any atom is 0.279 e. The second-order valence-corrected chi connectivity index (χ2v) is 11.3. The number of halogens is 1. The van der Waals surface area contributed by atoms with Crippen LogP contribution in [0.4, 0.5) is 11.4 Å². The van der Waals surface area contributed by atoms with Crippen LogP contribution in [0.15, 0.2) is 46.4 Å². The van der Waals surface area contributed by atoms with Crippen molar-refractivity contribution in [1.82, 2.24) is 28.7 Å². The lowest BCUT2D eigenvalue weighted by Crippen LogP contribution is -2.27. The molecule has 0 aliphatic heterocycles.